The first-order chi connectivity index (χ1) is 19.0. The number of aryl methyl sites for hydroxylation is 1. The maximum Gasteiger partial charge on any atom is 0.332 e. The van der Waals surface area contributed by atoms with Crippen molar-refractivity contribution in [1.82, 2.24) is 23.7 Å². The van der Waals surface area contributed by atoms with Crippen LogP contribution in [-0.2, 0) is 25.4 Å². The number of hydrogen-bond acceptors (Lipinski definition) is 9. The van der Waals surface area contributed by atoms with Gasteiger partial charge in [-0.2, -0.15) is 4.98 Å². The van der Waals surface area contributed by atoms with Crippen molar-refractivity contribution >= 4 is 74.6 Å². The highest BCUT2D eigenvalue weighted by Crippen LogP contribution is 2.36. The zero-order valence-corrected chi connectivity index (χ0v) is 24.3. The Labute approximate surface area is 246 Å². The molecule has 1 saturated heterocycles. The number of aromatic nitrogens is 4. The quantitative estimate of drug-likeness (QED) is 0.149. The van der Waals surface area contributed by atoms with E-state index in [4.69, 9.17) is 50.7 Å². The highest BCUT2D eigenvalue weighted by molar-refractivity contribution is 8.26. The van der Waals surface area contributed by atoms with Gasteiger partial charge >= 0.3 is 11.7 Å². The lowest BCUT2D eigenvalue weighted by Gasteiger charge is -2.13. The summed E-state index contributed by atoms with van der Waals surface area (Å²) in [4.78, 5) is 43.0. The number of halogens is 2. The molecule has 0 saturated carbocycles. The van der Waals surface area contributed by atoms with Crippen LogP contribution in [0.3, 0.4) is 0 Å². The molecule has 5 rings (SSSR count). The monoisotopic (exact) mass is 618 g/mol. The Morgan fingerprint density at radius 1 is 1.07 bits per heavy atom. The van der Waals surface area contributed by atoms with Crippen LogP contribution in [0.1, 0.15) is 11.1 Å². The first-order valence-electron chi connectivity index (χ1n) is 11.5. The lowest BCUT2D eigenvalue weighted by atomic mass is 10.2. The Morgan fingerprint density at radius 2 is 1.82 bits per heavy atom. The second-order valence-electron chi connectivity index (χ2n) is 8.66. The van der Waals surface area contributed by atoms with Crippen LogP contribution in [0.25, 0.3) is 17.2 Å². The highest BCUT2D eigenvalue weighted by atomic mass is 35.5. The number of nitrogens with zero attached hydrogens (tertiary/aromatic N) is 5. The zero-order chi connectivity index (χ0) is 28.9. The summed E-state index contributed by atoms with van der Waals surface area (Å²) in [5.41, 5.74) is 0.465. The van der Waals surface area contributed by atoms with Crippen molar-refractivity contribution in [3.05, 3.63) is 83.3 Å². The summed E-state index contributed by atoms with van der Waals surface area (Å²) in [7, 11) is 4.36. The molecule has 0 spiro atoms. The molecule has 206 valence electrons. The van der Waals surface area contributed by atoms with Gasteiger partial charge in [-0.25, -0.2) is 15.6 Å². The number of methoxy groups -OCH3 is 1. The second-order valence-corrected chi connectivity index (χ2v) is 11.2. The molecule has 0 bridgehead atoms. The molecule has 1 amide bonds. The predicted octanol–water partition coefficient (Wildman–Crippen LogP) is 3.66. The van der Waals surface area contributed by atoms with Gasteiger partial charge in [0.25, 0.3) is 11.5 Å². The Hall–Kier alpha value is -3.62. The minimum Gasteiger partial charge on any atom is -0.493 e. The van der Waals surface area contributed by atoms with E-state index in [0.717, 1.165) is 21.3 Å². The average molecular weight is 620 g/mol. The van der Waals surface area contributed by atoms with Crippen LogP contribution in [0.2, 0.25) is 10.0 Å². The summed E-state index contributed by atoms with van der Waals surface area (Å²) in [5, 5.41) is 1.75. The Morgan fingerprint density at radius 3 is 2.48 bits per heavy atom. The van der Waals surface area contributed by atoms with E-state index in [1.165, 1.54) is 30.3 Å². The minimum absolute atomic E-state index is 0.0226. The molecule has 4 aromatic rings. The van der Waals surface area contributed by atoms with E-state index in [0.29, 0.717) is 31.8 Å². The third kappa shape index (κ3) is 4.90. The van der Waals surface area contributed by atoms with Crippen LogP contribution in [0.5, 0.6) is 17.5 Å². The Balaban J connectivity index is 1.61. The highest BCUT2D eigenvalue weighted by Gasteiger charge is 2.30. The van der Waals surface area contributed by atoms with Crippen LogP contribution in [-0.4, -0.2) is 41.0 Å². The third-order valence-corrected chi connectivity index (χ3v) is 8.08. The lowest BCUT2D eigenvalue weighted by molar-refractivity contribution is -0.122. The Bertz CT molecular complexity index is 1880. The summed E-state index contributed by atoms with van der Waals surface area (Å²) in [5.74, 6) is 5.84. The van der Waals surface area contributed by atoms with Gasteiger partial charge in [0.05, 0.1) is 18.6 Å². The van der Waals surface area contributed by atoms with Gasteiger partial charge in [-0.1, -0.05) is 59.3 Å². The normalized spacial score (nSPS) is 14.6. The van der Waals surface area contributed by atoms with Crippen molar-refractivity contribution < 1.29 is 14.3 Å². The van der Waals surface area contributed by atoms with Crippen LogP contribution >= 0.6 is 47.2 Å². The molecule has 0 atom stereocenters. The van der Waals surface area contributed by atoms with Gasteiger partial charge in [0.15, 0.2) is 27.0 Å². The number of carbonyl (C=O) groups excluding carboxylic acids is 1. The van der Waals surface area contributed by atoms with E-state index in [1.54, 1.807) is 42.5 Å². The van der Waals surface area contributed by atoms with E-state index in [2.05, 4.69) is 4.98 Å². The molecule has 0 aliphatic carbocycles. The lowest BCUT2D eigenvalue weighted by Crippen LogP contribution is -2.37. The number of amides is 1. The number of nitrogens with two attached hydrogens (primary N) is 1. The van der Waals surface area contributed by atoms with Crippen LogP contribution in [0.15, 0.2) is 50.9 Å². The summed E-state index contributed by atoms with van der Waals surface area (Å²) < 4.78 is 15.8. The third-order valence-electron chi connectivity index (χ3n) is 6.17. The molecule has 11 nitrogen and oxygen atoms in total. The molecule has 0 radical (unpaired) electrons. The topological polar surface area (TPSA) is 127 Å². The molecule has 40 heavy (non-hydrogen) atoms. The molecule has 3 heterocycles. The van der Waals surface area contributed by atoms with Gasteiger partial charge in [0, 0.05) is 24.1 Å². The summed E-state index contributed by atoms with van der Waals surface area (Å²) >= 11 is 18.7. The van der Waals surface area contributed by atoms with Gasteiger partial charge in [-0.15, -0.1) is 0 Å². The van der Waals surface area contributed by atoms with Crippen LogP contribution in [0.4, 0.5) is 0 Å². The molecule has 1 fully saturated rings. The van der Waals surface area contributed by atoms with Gasteiger partial charge in [0.1, 0.15) is 0 Å². The number of rotatable bonds is 6. The van der Waals surface area contributed by atoms with Gasteiger partial charge < -0.3 is 9.47 Å². The number of ether oxygens (including phenoxy) is 2. The fourth-order valence-electron chi connectivity index (χ4n) is 4.06. The average Bonchev–Trinajstić information content (AvgIpc) is 3.40. The van der Waals surface area contributed by atoms with Crippen molar-refractivity contribution in [1.29, 1.82) is 0 Å². The molecule has 1 aliphatic rings. The summed E-state index contributed by atoms with van der Waals surface area (Å²) in [6.07, 6.45) is 1.63. The molecular weight excluding hydrogens is 599 g/mol. The summed E-state index contributed by atoms with van der Waals surface area (Å²) in [6.45, 7) is 0.0939. The Kier molecular flexibility index (Phi) is 7.50. The smallest absolute Gasteiger partial charge is 0.332 e. The van der Waals surface area contributed by atoms with Crippen LogP contribution in [0, 0.1) is 0 Å². The molecule has 2 N–H and O–H groups in total. The number of hydrogen-bond donors (Lipinski definition) is 1. The van der Waals surface area contributed by atoms with Crippen molar-refractivity contribution in [3.63, 3.8) is 0 Å². The molecule has 2 aromatic heterocycles. The van der Waals surface area contributed by atoms with Crippen molar-refractivity contribution in [2.45, 2.75) is 6.54 Å². The van der Waals surface area contributed by atoms with Crippen molar-refractivity contribution in [2.24, 2.45) is 19.9 Å². The van der Waals surface area contributed by atoms with E-state index in [1.807, 2.05) is 0 Å². The number of benzene rings is 2. The number of carbonyl (C=O) groups is 1. The van der Waals surface area contributed by atoms with E-state index in [9.17, 15) is 14.4 Å². The van der Waals surface area contributed by atoms with E-state index < -0.39 is 17.2 Å². The molecular formula is C25H20Cl2N6O5S2. The molecule has 1 aliphatic heterocycles. The minimum atomic E-state index is -0.551. The SMILES string of the molecule is COc1cc(/C=C2/SC(=S)N(N)C2=O)ccc1Oc1nc2c(c(=O)n(C)c(=O)n2C)n1Cc1ccc(Cl)cc1Cl. The second kappa shape index (κ2) is 10.7. The first kappa shape index (κ1) is 27.9. The molecule has 2 aromatic carbocycles. The molecule has 15 heteroatoms. The summed E-state index contributed by atoms with van der Waals surface area (Å²) in [6, 6.07) is 10.0. The van der Waals surface area contributed by atoms with Crippen molar-refractivity contribution in [2.75, 3.05) is 7.11 Å². The fraction of sp³-hybridized carbons (Fsp3) is 0.160. The van der Waals surface area contributed by atoms with E-state index in [-0.39, 0.29) is 33.8 Å². The largest absolute Gasteiger partial charge is 0.493 e. The maximum absolute atomic E-state index is 13.2. The van der Waals surface area contributed by atoms with E-state index >= 15 is 0 Å². The van der Waals surface area contributed by atoms with Crippen molar-refractivity contribution in [3.8, 4) is 17.5 Å². The predicted molar refractivity (Wildman–Crippen MR) is 158 cm³/mol. The maximum atomic E-state index is 13.2. The number of fused-ring (bicyclic) bond motifs is 1. The van der Waals surface area contributed by atoms with Crippen LogP contribution < -0.4 is 26.6 Å². The standard InChI is InChI=1S/C25H20Cl2N6O5S2/c1-30-20-19(22(35)31(2)24(30)36)32(11-13-5-6-14(26)10-15(13)27)23(29-20)38-16-7-4-12(8-17(16)37-3)9-18-21(34)33(28)25(39)40-18/h4-10H,11,28H2,1-3H3/b18-9+. The fourth-order valence-corrected chi connectivity index (χ4v) is 5.63. The number of thiocarbonyl (C=S) groups is 1. The van der Waals surface area contributed by atoms with Gasteiger partial charge in [0.2, 0.25) is 0 Å². The number of imidazole rings is 1. The van der Waals surface area contributed by atoms with Gasteiger partial charge in [-0.05, 0) is 41.5 Å². The zero-order valence-electron chi connectivity index (χ0n) is 21.2. The number of hydrazine groups is 1. The number of thioether (sulfide) groups is 1. The van der Waals surface area contributed by atoms with Gasteiger partial charge in [-0.3, -0.25) is 23.3 Å². The first-order valence-corrected chi connectivity index (χ1v) is 13.5. The molecule has 0 unspecified atom stereocenters.